The Hall–Kier alpha value is -0.810. The van der Waals surface area contributed by atoms with E-state index in [9.17, 15) is 4.79 Å². The van der Waals surface area contributed by atoms with Gasteiger partial charge in [-0.2, -0.15) is 0 Å². The van der Waals surface area contributed by atoms with E-state index in [1.54, 1.807) is 0 Å². The molecule has 1 aliphatic heterocycles. The van der Waals surface area contributed by atoms with Crippen molar-refractivity contribution in [3.63, 3.8) is 0 Å². The fraction of sp³-hybridized carbons (Fsp3) is 0.875. The fourth-order valence-corrected chi connectivity index (χ4v) is 1.20. The van der Waals surface area contributed by atoms with Crippen molar-refractivity contribution in [1.82, 2.24) is 5.32 Å². The predicted molar refractivity (Wildman–Crippen MR) is 47.4 cm³/mol. The highest BCUT2D eigenvalue weighted by atomic mass is 16.5. The number of nitrogens with one attached hydrogen (secondary N) is 1. The van der Waals surface area contributed by atoms with E-state index in [1.165, 1.54) is 0 Å². The first-order valence-electron chi connectivity index (χ1n) is 4.54. The largest absolute Gasteiger partial charge is 0.448 e. The highest BCUT2D eigenvalue weighted by Gasteiger charge is 2.16. The summed E-state index contributed by atoms with van der Waals surface area (Å²) in [7, 11) is 0. The molecule has 1 saturated heterocycles. The van der Waals surface area contributed by atoms with Gasteiger partial charge in [0.25, 0.3) is 0 Å². The third kappa shape index (κ3) is 4.10. The Morgan fingerprint density at radius 3 is 2.85 bits per heavy atom. The summed E-state index contributed by atoms with van der Waals surface area (Å²) >= 11 is 0. The van der Waals surface area contributed by atoms with Gasteiger partial charge in [0.1, 0.15) is 6.61 Å². The van der Waals surface area contributed by atoms with Gasteiger partial charge in [-0.3, -0.25) is 0 Å². The summed E-state index contributed by atoms with van der Waals surface area (Å²) in [6, 6.07) is 0.194. The molecule has 0 aromatic rings. The standard InChI is InChI=1S/C8H16N2O3/c9-3-6-13-8(11)10-7-1-4-12-5-2-7/h7H,1-6,9H2,(H,10,11). The fourth-order valence-electron chi connectivity index (χ4n) is 1.20. The van der Waals surface area contributed by atoms with Crippen LogP contribution in [0.1, 0.15) is 12.8 Å². The molecule has 1 amide bonds. The lowest BCUT2D eigenvalue weighted by Gasteiger charge is -2.22. The van der Waals surface area contributed by atoms with Gasteiger partial charge in [0.2, 0.25) is 0 Å². The van der Waals surface area contributed by atoms with Crippen LogP contribution in [-0.2, 0) is 9.47 Å². The Kier molecular flexibility index (Phi) is 4.56. The van der Waals surface area contributed by atoms with Crippen LogP contribution in [0.4, 0.5) is 4.79 Å². The molecule has 13 heavy (non-hydrogen) atoms. The van der Waals surface area contributed by atoms with Crippen molar-refractivity contribution in [2.75, 3.05) is 26.4 Å². The van der Waals surface area contributed by atoms with Crippen LogP contribution in [0.5, 0.6) is 0 Å². The SMILES string of the molecule is NCCOC(=O)NC1CCOCC1. The molecule has 0 aromatic heterocycles. The van der Waals surface area contributed by atoms with Gasteiger partial charge in [-0.1, -0.05) is 0 Å². The minimum atomic E-state index is -0.377. The van der Waals surface area contributed by atoms with Crippen LogP contribution >= 0.6 is 0 Å². The van der Waals surface area contributed by atoms with Crippen molar-refractivity contribution >= 4 is 6.09 Å². The highest BCUT2D eigenvalue weighted by molar-refractivity contribution is 5.67. The molecule has 1 fully saturated rings. The van der Waals surface area contributed by atoms with Gasteiger partial charge in [0.15, 0.2) is 0 Å². The lowest BCUT2D eigenvalue weighted by Crippen LogP contribution is -2.39. The predicted octanol–water partition coefficient (Wildman–Crippen LogP) is -0.150. The minimum Gasteiger partial charge on any atom is -0.448 e. The average Bonchev–Trinajstić information content (AvgIpc) is 2.16. The van der Waals surface area contributed by atoms with Crippen molar-refractivity contribution in [3.05, 3.63) is 0 Å². The summed E-state index contributed by atoms with van der Waals surface area (Å²) in [5.74, 6) is 0. The van der Waals surface area contributed by atoms with Crippen LogP contribution in [0.2, 0.25) is 0 Å². The molecule has 5 nitrogen and oxygen atoms in total. The van der Waals surface area contributed by atoms with Gasteiger partial charge in [-0.25, -0.2) is 4.79 Å². The molecule has 3 N–H and O–H groups in total. The van der Waals surface area contributed by atoms with E-state index in [0.717, 1.165) is 12.8 Å². The molecule has 0 radical (unpaired) electrons. The van der Waals surface area contributed by atoms with Gasteiger partial charge in [-0.05, 0) is 12.8 Å². The number of carbonyl (C=O) groups is 1. The number of ether oxygens (including phenoxy) is 2. The third-order valence-electron chi connectivity index (χ3n) is 1.89. The molecule has 1 heterocycles. The van der Waals surface area contributed by atoms with E-state index in [4.69, 9.17) is 15.2 Å². The van der Waals surface area contributed by atoms with E-state index in [2.05, 4.69) is 5.32 Å². The van der Waals surface area contributed by atoms with Crippen molar-refractivity contribution in [2.24, 2.45) is 5.73 Å². The molecule has 0 aromatic carbocycles. The number of carbonyl (C=O) groups excluding carboxylic acids is 1. The Bertz CT molecular complexity index is 157. The zero-order valence-corrected chi connectivity index (χ0v) is 7.62. The first-order chi connectivity index (χ1) is 6.33. The molecular weight excluding hydrogens is 172 g/mol. The zero-order chi connectivity index (χ0) is 9.52. The lowest BCUT2D eigenvalue weighted by atomic mass is 10.1. The summed E-state index contributed by atoms with van der Waals surface area (Å²) in [6.07, 6.45) is 1.34. The zero-order valence-electron chi connectivity index (χ0n) is 7.62. The normalized spacial score (nSPS) is 18.2. The van der Waals surface area contributed by atoms with Crippen LogP contribution < -0.4 is 11.1 Å². The first kappa shape index (κ1) is 10.3. The lowest BCUT2D eigenvalue weighted by molar-refractivity contribution is 0.0738. The van der Waals surface area contributed by atoms with Crippen molar-refractivity contribution in [3.8, 4) is 0 Å². The van der Waals surface area contributed by atoms with Crippen molar-refractivity contribution in [2.45, 2.75) is 18.9 Å². The first-order valence-corrected chi connectivity index (χ1v) is 4.54. The molecular formula is C8H16N2O3. The molecule has 0 spiro atoms. The van der Waals surface area contributed by atoms with E-state index >= 15 is 0 Å². The minimum absolute atomic E-state index is 0.194. The maximum Gasteiger partial charge on any atom is 0.407 e. The maximum atomic E-state index is 11.0. The molecule has 0 saturated carbocycles. The van der Waals surface area contributed by atoms with E-state index in [1.807, 2.05) is 0 Å². The van der Waals surface area contributed by atoms with Gasteiger partial charge >= 0.3 is 6.09 Å². The number of nitrogens with two attached hydrogens (primary N) is 1. The smallest absolute Gasteiger partial charge is 0.407 e. The molecule has 0 unspecified atom stereocenters. The molecule has 0 aliphatic carbocycles. The van der Waals surface area contributed by atoms with Crippen LogP contribution in [0.25, 0.3) is 0 Å². The summed E-state index contributed by atoms with van der Waals surface area (Å²) in [5, 5.41) is 2.76. The summed E-state index contributed by atoms with van der Waals surface area (Å²) in [4.78, 5) is 11.0. The Labute approximate surface area is 77.6 Å². The number of amides is 1. The quantitative estimate of drug-likeness (QED) is 0.646. The van der Waals surface area contributed by atoms with Gasteiger partial charge in [0.05, 0.1) is 0 Å². The van der Waals surface area contributed by atoms with Crippen LogP contribution in [-0.4, -0.2) is 38.5 Å². The number of hydrogen-bond donors (Lipinski definition) is 2. The molecule has 0 bridgehead atoms. The number of rotatable bonds is 3. The molecule has 1 aliphatic rings. The van der Waals surface area contributed by atoms with Crippen LogP contribution in [0.3, 0.4) is 0 Å². The van der Waals surface area contributed by atoms with E-state index in [-0.39, 0.29) is 18.7 Å². The molecule has 5 heteroatoms. The summed E-state index contributed by atoms with van der Waals surface area (Å²) < 4.78 is 9.93. The van der Waals surface area contributed by atoms with Gasteiger partial charge in [0, 0.05) is 25.8 Å². The summed E-state index contributed by atoms with van der Waals surface area (Å²) in [6.45, 7) is 2.06. The van der Waals surface area contributed by atoms with Crippen molar-refractivity contribution in [1.29, 1.82) is 0 Å². The second-order valence-electron chi connectivity index (χ2n) is 2.96. The van der Waals surface area contributed by atoms with Crippen molar-refractivity contribution < 1.29 is 14.3 Å². The van der Waals surface area contributed by atoms with Crippen LogP contribution in [0.15, 0.2) is 0 Å². The van der Waals surface area contributed by atoms with E-state index in [0.29, 0.717) is 19.8 Å². The van der Waals surface area contributed by atoms with Crippen LogP contribution in [0, 0.1) is 0 Å². The number of hydrogen-bond acceptors (Lipinski definition) is 4. The van der Waals surface area contributed by atoms with E-state index < -0.39 is 0 Å². The average molecular weight is 188 g/mol. The van der Waals surface area contributed by atoms with Gasteiger partial charge < -0.3 is 20.5 Å². The molecule has 0 atom stereocenters. The monoisotopic (exact) mass is 188 g/mol. The Morgan fingerprint density at radius 1 is 1.54 bits per heavy atom. The molecule has 76 valence electrons. The van der Waals surface area contributed by atoms with Gasteiger partial charge in [-0.15, -0.1) is 0 Å². The third-order valence-corrected chi connectivity index (χ3v) is 1.89. The second kappa shape index (κ2) is 5.77. The Balaban J connectivity index is 2.11. The maximum absolute atomic E-state index is 11.0. The number of alkyl carbamates (subject to hydrolysis) is 1. The Morgan fingerprint density at radius 2 is 2.23 bits per heavy atom. The topological polar surface area (TPSA) is 73.6 Å². The highest BCUT2D eigenvalue weighted by Crippen LogP contribution is 2.05. The summed E-state index contributed by atoms with van der Waals surface area (Å²) in [5.41, 5.74) is 5.18. The second-order valence-corrected chi connectivity index (χ2v) is 2.96. The molecule has 1 rings (SSSR count).